The molecule has 0 heterocycles. The van der Waals surface area contributed by atoms with E-state index in [4.69, 9.17) is 23.2 Å². The number of benzene rings is 2. The number of hydrogen-bond acceptors (Lipinski definition) is 3. The van der Waals surface area contributed by atoms with Crippen molar-refractivity contribution in [1.29, 1.82) is 0 Å². The molecule has 132 valence electrons. The van der Waals surface area contributed by atoms with Gasteiger partial charge in [0, 0.05) is 35.0 Å². The van der Waals surface area contributed by atoms with Crippen molar-refractivity contribution in [1.82, 2.24) is 5.32 Å². The summed E-state index contributed by atoms with van der Waals surface area (Å²) >= 11 is 11.8. The highest BCUT2D eigenvalue weighted by Crippen LogP contribution is 2.23. The number of amides is 1. The molecule has 0 saturated heterocycles. The van der Waals surface area contributed by atoms with Gasteiger partial charge in [0.05, 0.1) is 6.10 Å². The maximum absolute atomic E-state index is 12.0. The third-order valence-electron chi connectivity index (χ3n) is 3.71. The van der Waals surface area contributed by atoms with E-state index in [9.17, 15) is 14.7 Å². The topological polar surface area (TPSA) is 66.4 Å². The lowest BCUT2D eigenvalue weighted by molar-refractivity contribution is -0.121. The largest absolute Gasteiger partial charge is 0.387 e. The number of nitrogens with one attached hydrogen (secondary N) is 1. The molecule has 2 rings (SSSR count). The zero-order chi connectivity index (χ0) is 18.4. The van der Waals surface area contributed by atoms with E-state index in [1.54, 1.807) is 30.3 Å². The minimum atomic E-state index is -0.923. The SMILES string of the molecule is Cc1ccc(C(=O)CCC(=O)NCC(O)c2cc(Cl)cc(Cl)c2)cc1. The summed E-state index contributed by atoms with van der Waals surface area (Å²) in [7, 11) is 0. The Labute approximate surface area is 156 Å². The van der Waals surface area contributed by atoms with E-state index in [0.29, 0.717) is 21.2 Å². The minimum absolute atomic E-state index is 0.0221. The lowest BCUT2D eigenvalue weighted by Crippen LogP contribution is -2.28. The zero-order valence-corrected chi connectivity index (χ0v) is 15.3. The first-order chi connectivity index (χ1) is 11.8. The van der Waals surface area contributed by atoms with Gasteiger partial charge in [0.2, 0.25) is 5.91 Å². The molecule has 0 aliphatic heterocycles. The summed E-state index contributed by atoms with van der Waals surface area (Å²) in [4.78, 5) is 23.9. The number of ketones is 1. The number of aliphatic hydroxyl groups is 1. The Bertz CT molecular complexity index is 740. The van der Waals surface area contributed by atoms with Gasteiger partial charge in [0.15, 0.2) is 5.78 Å². The first-order valence-electron chi connectivity index (χ1n) is 7.86. The van der Waals surface area contributed by atoms with Gasteiger partial charge in [-0.1, -0.05) is 53.0 Å². The van der Waals surface area contributed by atoms with Crippen LogP contribution in [0.15, 0.2) is 42.5 Å². The molecule has 0 fully saturated rings. The average molecular weight is 380 g/mol. The molecule has 6 heteroatoms. The van der Waals surface area contributed by atoms with Crippen LogP contribution in [0.5, 0.6) is 0 Å². The summed E-state index contributed by atoms with van der Waals surface area (Å²) < 4.78 is 0. The molecule has 2 aromatic rings. The van der Waals surface area contributed by atoms with Crippen molar-refractivity contribution in [2.24, 2.45) is 0 Å². The van der Waals surface area contributed by atoms with Gasteiger partial charge in [-0.15, -0.1) is 0 Å². The summed E-state index contributed by atoms with van der Waals surface area (Å²) in [6, 6.07) is 12.0. The normalized spacial score (nSPS) is 11.8. The lowest BCUT2D eigenvalue weighted by atomic mass is 10.0. The molecular formula is C19H19Cl2NO3. The molecule has 25 heavy (non-hydrogen) atoms. The predicted molar refractivity (Wildman–Crippen MR) is 99.2 cm³/mol. The van der Waals surface area contributed by atoms with Gasteiger partial charge in [-0.05, 0) is 30.7 Å². The van der Waals surface area contributed by atoms with Crippen LogP contribution >= 0.6 is 23.2 Å². The van der Waals surface area contributed by atoms with E-state index < -0.39 is 6.10 Å². The van der Waals surface area contributed by atoms with Gasteiger partial charge < -0.3 is 10.4 Å². The smallest absolute Gasteiger partial charge is 0.220 e. The maximum Gasteiger partial charge on any atom is 0.220 e. The van der Waals surface area contributed by atoms with E-state index >= 15 is 0 Å². The second kappa shape index (κ2) is 8.99. The summed E-state index contributed by atoms with van der Waals surface area (Å²) in [6.45, 7) is 1.97. The number of aryl methyl sites for hydroxylation is 1. The molecule has 0 aromatic heterocycles. The van der Waals surface area contributed by atoms with Crippen LogP contribution in [-0.2, 0) is 4.79 Å². The summed E-state index contributed by atoms with van der Waals surface area (Å²) in [5.74, 6) is -0.384. The summed E-state index contributed by atoms with van der Waals surface area (Å²) in [6.07, 6.45) is -0.739. The Kier molecular flexibility index (Phi) is 7.00. The van der Waals surface area contributed by atoms with Crippen LogP contribution in [-0.4, -0.2) is 23.3 Å². The van der Waals surface area contributed by atoms with Crippen molar-refractivity contribution < 1.29 is 14.7 Å². The molecule has 1 amide bonds. The molecule has 0 saturated carbocycles. The number of carbonyl (C=O) groups is 2. The van der Waals surface area contributed by atoms with Crippen molar-refractivity contribution in [2.45, 2.75) is 25.9 Å². The molecule has 0 aliphatic rings. The van der Waals surface area contributed by atoms with Crippen molar-refractivity contribution in [3.8, 4) is 0 Å². The number of carbonyl (C=O) groups excluding carboxylic acids is 2. The third kappa shape index (κ3) is 6.16. The summed E-state index contributed by atoms with van der Waals surface area (Å²) in [5.41, 5.74) is 2.19. The number of aliphatic hydroxyl groups excluding tert-OH is 1. The standard InChI is InChI=1S/C19H19Cl2NO3/c1-12-2-4-13(5-3-12)17(23)6-7-19(25)22-11-18(24)14-8-15(20)10-16(21)9-14/h2-5,8-10,18,24H,6-7,11H2,1H3,(H,22,25). The molecule has 0 aliphatic carbocycles. The molecular weight excluding hydrogens is 361 g/mol. The van der Waals surface area contributed by atoms with Crippen LogP contribution in [0.2, 0.25) is 10.0 Å². The molecule has 4 nitrogen and oxygen atoms in total. The number of rotatable bonds is 7. The van der Waals surface area contributed by atoms with Crippen LogP contribution in [0, 0.1) is 6.92 Å². The molecule has 2 N–H and O–H groups in total. The second-order valence-electron chi connectivity index (χ2n) is 5.81. The van der Waals surface area contributed by atoms with E-state index in [1.807, 2.05) is 19.1 Å². The number of halogens is 2. The van der Waals surface area contributed by atoms with E-state index in [0.717, 1.165) is 5.56 Å². The predicted octanol–water partition coefficient (Wildman–Crippen LogP) is 4.11. The van der Waals surface area contributed by atoms with E-state index in [-0.39, 0.29) is 31.1 Å². The monoisotopic (exact) mass is 379 g/mol. The molecule has 0 spiro atoms. The highest BCUT2D eigenvalue weighted by molar-refractivity contribution is 6.34. The Hall–Kier alpha value is -1.88. The first kappa shape index (κ1) is 19.4. The lowest BCUT2D eigenvalue weighted by Gasteiger charge is -2.13. The van der Waals surface area contributed by atoms with Gasteiger partial charge >= 0.3 is 0 Å². The van der Waals surface area contributed by atoms with Crippen LogP contribution in [0.4, 0.5) is 0 Å². The quantitative estimate of drug-likeness (QED) is 0.711. The van der Waals surface area contributed by atoms with Gasteiger partial charge in [-0.2, -0.15) is 0 Å². The van der Waals surface area contributed by atoms with Crippen molar-refractivity contribution in [3.05, 3.63) is 69.2 Å². The fourth-order valence-electron chi connectivity index (χ4n) is 2.30. The Morgan fingerprint density at radius 2 is 1.64 bits per heavy atom. The van der Waals surface area contributed by atoms with Gasteiger partial charge in [-0.25, -0.2) is 0 Å². The van der Waals surface area contributed by atoms with Gasteiger partial charge in [-0.3, -0.25) is 9.59 Å². The Balaban J connectivity index is 1.80. The van der Waals surface area contributed by atoms with Crippen LogP contribution in [0.3, 0.4) is 0 Å². The van der Waals surface area contributed by atoms with Crippen LogP contribution in [0.1, 0.15) is 40.4 Å². The minimum Gasteiger partial charge on any atom is -0.387 e. The van der Waals surface area contributed by atoms with Crippen molar-refractivity contribution in [2.75, 3.05) is 6.54 Å². The number of hydrogen-bond donors (Lipinski definition) is 2. The number of Topliss-reactive ketones (excluding diaryl/α,β-unsaturated/α-hetero) is 1. The third-order valence-corrected chi connectivity index (χ3v) is 4.15. The Morgan fingerprint density at radius 1 is 1.04 bits per heavy atom. The zero-order valence-electron chi connectivity index (χ0n) is 13.8. The molecule has 0 radical (unpaired) electrons. The molecule has 1 unspecified atom stereocenters. The fourth-order valence-corrected chi connectivity index (χ4v) is 2.84. The highest BCUT2D eigenvalue weighted by Gasteiger charge is 2.13. The van der Waals surface area contributed by atoms with Crippen molar-refractivity contribution >= 4 is 34.9 Å². The van der Waals surface area contributed by atoms with E-state index in [2.05, 4.69) is 5.32 Å². The first-order valence-corrected chi connectivity index (χ1v) is 8.61. The maximum atomic E-state index is 12.0. The van der Waals surface area contributed by atoms with E-state index in [1.165, 1.54) is 0 Å². The molecule has 1 atom stereocenters. The fraction of sp³-hybridized carbons (Fsp3) is 0.263. The van der Waals surface area contributed by atoms with Crippen LogP contribution in [0.25, 0.3) is 0 Å². The highest BCUT2D eigenvalue weighted by atomic mass is 35.5. The average Bonchev–Trinajstić information content (AvgIpc) is 2.57. The van der Waals surface area contributed by atoms with Gasteiger partial charge in [0.1, 0.15) is 0 Å². The van der Waals surface area contributed by atoms with Gasteiger partial charge in [0.25, 0.3) is 0 Å². The molecule has 2 aromatic carbocycles. The summed E-state index contributed by atoms with van der Waals surface area (Å²) in [5, 5.41) is 13.5. The Morgan fingerprint density at radius 3 is 2.24 bits per heavy atom. The second-order valence-corrected chi connectivity index (χ2v) is 6.68. The van der Waals surface area contributed by atoms with Crippen LogP contribution < -0.4 is 5.32 Å². The molecule has 0 bridgehead atoms. The van der Waals surface area contributed by atoms with Crippen molar-refractivity contribution in [3.63, 3.8) is 0 Å².